The Labute approximate surface area is 87.8 Å². The highest BCUT2D eigenvalue weighted by molar-refractivity contribution is 7.17. The van der Waals surface area contributed by atoms with Gasteiger partial charge in [0, 0.05) is 4.70 Å². The minimum absolute atomic E-state index is 0.324. The summed E-state index contributed by atoms with van der Waals surface area (Å²) in [5.74, 6) is -5.95. The van der Waals surface area contributed by atoms with Gasteiger partial charge in [-0.05, 0) is 16.8 Å². The third-order valence-corrected chi connectivity index (χ3v) is 3.05. The molecule has 78 valence electrons. The minimum Gasteiger partial charge on any atom is -0.477 e. The number of benzene rings is 1. The zero-order valence-corrected chi connectivity index (χ0v) is 8.22. The Morgan fingerprint density at radius 1 is 1.33 bits per heavy atom. The van der Waals surface area contributed by atoms with Crippen molar-refractivity contribution in [2.75, 3.05) is 0 Å². The van der Waals surface area contributed by atoms with Crippen LogP contribution in [0.4, 0.5) is 8.78 Å². The fraction of sp³-hybridized carbons (Fsp3) is 0.100. The van der Waals surface area contributed by atoms with E-state index >= 15 is 0 Å². The lowest BCUT2D eigenvalue weighted by Crippen LogP contribution is -2.25. The lowest BCUT2D eigenvalue weighted by Gasteiger charge is -2.11. The summed E-state index contributed by atoms with van der Waals surface area (Å²) in [5.41, 5.74) is -0.442. The van der Waals surface area contributed by atoms with E-state index in [-0.39, 0.29) is 0 Å². The molecule has 0 amide bonds. The summed E-state index contributed by atoms with van der Waals surface area (Å²) in [5, 5.41) is 10.7. The number of carboxylic acid groups (broad SMARTS) is 1. The van der Waals surface area contributed by atoms with Gasteiger partial charge >= 0.3 is 11.9 Å². The van der Waals surface area contributed by atoms with Crippen molar-refractivity contribution < 1.29 is 18.7 Å². The van der Waals surface area contributed by atoms with E-state index in [0.29, 0.717) is 10.1 Å². The average molecular weight is 228 g/mol. The van der Waals surface area contributed by atoms with Crippen LogP contribution in [0.3, 0.4) is 0 Å². The van der Waals surface area contributed by atoms with E-state index in [4.69, 9.17) is 5.11 Å². The molecule has 0 unspecified atom stereocenters. The first kappa shape index (κ1) is 10.0. The molecular weight excluding hydrogens is 222 g/mol. The van der Waals surface area contributed by atoms with Crippen LogP contribution in [0, 0.1) is 0 Å². The molecule has 5 heteroatoms. The number of alkyl halides is 2. The highest BCUT2D eigenvalue weighted by atomic mass is 32.1. The van der Waals surface area contributed by atoms with E-state index in [1.807, 2.05) is 0 Å². The summed E-state index contributed by atoms with van der Waals surface area (Å²) < 4.78 is 26.9. The molecule has 2 nitrogen and oxygen atoms in total. The van der Waals surface area contributed by atoms with Crippen molar-refractivity contribution in [2.45, 2.75) is 5.92 Å². The first-order valence-electron chi connectivity index (χ1n) is 4.11. The molecule has 0 saturated carbocycles. The van der Waals surface area contributed by atoms with E-state index in [9.17, 15) is 13.6 Å². The maximum atomic E-state index is 13.3. The Morgan fingerprint density at radius 3 is 2.73 bits per heavy atom. The standard InChI is InChI=1S/C10H6F2O2S/c11-10(12,9(13)14)7-3-1-2-6-4-5-15-8(6)7/h1-5H,(H,13,14). The molecule has 0 saturated heterocycles. The summed E-state index contributed by atoms with van der Waals surface area (Å²) in [6.45, 7) is 0. The molecule has 2 aromatic rings. The highest BCUT2D eigenvalue weighted by Gasteiger charge is 2.42. The number of rotatable bonds is 2. The average Bonchev–Trinajstić information content (AvgIpc) is 2.64. The first-order valence-corrected chi connectivity index (χ1v) is 4.99. The van der Waals surface area contributed by atoms with Crippen LogP contribution in [-0.4, -0.2) is 11.1 Å². The van der Waals surface area contributed by atoms with Crippen LogP contribution < -0.4 is 0 Å². The molecule has 1 N–H and O–H groups in total. The van der Waals surface area contributed by atoms with Gasteiger partial charge in [-0.25, -0.2) is 4.79 Å². The van der Waals surface area contributed by atoms with Gasteiger partial charge in [0.2, 0.25) is 0 Å². The molecule has 0 aliphatic heterocycles. The van der Waals surface area contributed by atoms with E-state index in [1.165, 1.54) is 6.07 Å². The smallest absolute Gasteiger partial charge is 0.379 e. The van der Waals surface area contributed by atoms with Crippen molar-refractivity contribution in [3.63, 3.8) is 0 Å². The number of aliphatic carboxylic acids is 1. The van der Waals surface area contributed by atoms with E-state index < -0.39 is 17.5 Å². The van der Waals surface area contributed by atoms with Crippen LogP contribution in [0.2, 0.25) is 0 Å². The molecule has 1 aromatic heterocycles. The molecule has 0 radical (unpaired) electrons. The molecule has 0 atom stereocenters. The second-order valence-electron chi connectivity index (χ2n) is 3.02. The molecule has 15 heavy (non-hydrogen) atoms. The third-order valence-electron chi connectivity index (χ3n) is 2.09. The Balaban J connectivity index is 2.71. The third kappa shape index (κ3) is 1.48. The van der Waals surface area contributed by atoms with Crippen molar-refractivity contribution in [2.24, 2.45) is 0 Å². The molecule has 2 rings (SSSR count). The molecular formula is C10H6F2O2S. The van der Waals surface area contributed by atoms with Crippen molar-refractivity contribution >= 4 is 27.4 Å². The van der Waals surface area contributed by atoms with E-state index in [2.05, 4.69) is 0 Å². The molecule has 1 heterocycles. The second kappa shape index (κ2) is 3.27. The van der Waals surface area contributed by atoms with Gasteiger partial charge in [-0.3, -0.25) is 0 Å². The van der Waals surface area contributed by atoms with Crippen molar-refractivity contribution in [3.05, 3.63) is 35.2 Å². The van der Waals surface area contributed by atoms with Crippen LogP contribution in [0.1, 0.15) is 5.56 Å². The number of carboxylic acids is 1. The number of fused-ring (bicyclic) bond motifs is 1. The molecule has 0 aliphatic carbocycles. The van der Waals surface area contributed by atoms with Gasteiger partial charge in [-0.15, -0.1) is 11.3 Å². The fourth-order valence-electron chi connectivity index (χ4n) is 1.36. The molecule has 1 aromatic carbocycles. The SMILES string of the molecule is O=C(O)C(F)(F)c1cccc2ccsc12. The number of hydrogen-bond acceptors (Lipinski definition) is 2. The van der Waals surface area contributed by atoms with Crippen molar-refractivity contribution in [1.29, 1.82) is 0 Å². The lowest BCUT2D eigenvalue weighted by atomic mass is 10.1. The van der Waals surface area contributed by atoms with Crippen LogP contribution in [0.5, 0.6) is 0 Å². The number of carbonyl (C=O) groups is 1. The maximum Gasteiger partial charge on any atom is 0.379 e. The molecule has 0 spiro atoms. The van der Waals surface area contributed by atoms with E-state index in [1.54, 1.807) is 17.5 Å². The fourth-order valence-corrected chi connectivity index (χ4v) is 2.30. The first-order chi connectivity index (χ1) is 7.03. The van der Waals surface area contributed by atoms with Crippen LogP contribution >= 0.6 is 11.3 Å². The van der Waals surface area contributed by atoms with E-state index in [0.717, 1.165) is 17.4 Å². The molecule has 0 aliphatic rings. The normalized spacial score (nSPS) is 11.9. The highest BCUT2D eigenvalue weighted by Crippen LogP contribution is 2.36. The quantitative estimate of drug-likeness (QED) is 0.857. The summed E-state index contributed by atoms with van der Waals surface area (Å²) in [6, 6.07) is 5.93. The van der Waals surface area contributed by atoms with Crippen molar-refractivity contribution in [3.8, 4) is 0 Å². The van der Waals surface area contributed by atoms with Crippen molar-refractivity contribution in [1.82, 2.24) is 0 Å². The van der Waals surface area contributed by atoms with Gasteiger partial charge in [0.25, 0.3) is 0 Å². The number of hydrogen-bond donors (Lipinski definition) is 1. The summed E-state index contributed by atoms with van der Waals surface area (Å²) in [7, 11) is 0. The van der Waals surface area contributed by atoms with Gasteiger partial charge in [-0.2, -0.15) is 8.78 Å². The van der Waals surface area contributed by atoms with Gasteiger partial charge < -0.3 is 5.11 Å². The largest absolute Gasteiger partial charge is 0.477 e. The maximum absolute atomic E-state index is 13.3. The predicted molar refractivity (Wildman–Crippen MR) is 53.4 cm³/mol. The summed E-state index contributed by atoms with van der Waals surface area (Å²) in [4.78, 5) is 10.4. The zero-order valence-electron chi connectivity index (χ0n) is 7.41. The Kier molecular flexibility index (Phi) is 2.19. The van der Waals surface area contributed by atoms with Gasteiger partial charge in [0.05, 0.1) is 5.56 Å². The number of halogens is 2. The zero-order chi connectivity index (χ0) is 11.1. The summed E-state index contributed by atoms with van der Waals surface area (Å²) in [6.07, 6.45) is 0. The Morgan fingerprint density at radius 2 is 2.07 bits per heavy atom. The summed E-state index contributed by atoms with van der Waals surface area (Å²) >= 11 is 1.11. The van der Waals surface area contributed by atoms with Gasteiger partial charge in [-0.1, -0.05) is 18.2 Å². The Bertz CT molecular complexity index is 519. The molecule has 0 bridgehead atoms. The molecule has 0 fully saturated rings. The monoisotopic (exact) mass is 228 g/mol. The Hall–Kier alpha value is -1.49. The minimum atomic E-state index is -3.83. The van der Waals surface area contributed by atoms with Crippen LogP contribution in [-0.2, 0) is 10.7 Å². The van der Waals surface area contributed by atoms with Gasteiger partial charge in [0.1, 0.15) is 0 Å². The lowest BCUT2D eigenvalue weighted by molar-refractivity contribution is -0.166. The van der Waals surface area contributed by atoms with Crippen LogP contribution in [0.15, 0.2) is 29.6 Å². The predicted octanol–water partition coefficient (Wildman–Crippen LogP) is 3.08. The number of thiophene rings is 1. The second-order valence-corrected chi connectivity index (χ2v) is 3.94. The topological polar surface area (TPSA) is 37.3 Å². The van der Waals surface area contributed by atoms with Crippen LogP contribution in [0.25, 0.3) is 10.1 Å². The van der Waals surface area contributed by atoms with Gasteiger partial charge in [0.15, 0.2) is 0 Å².